The van der Waals surface area contributed by atoms with Crippen molar-refractivity contribution in [1.82, 2.24) is 14.0 Å². The van der Waals surface area contributed by atoms with Gasteiger partial charge < -0.3 is 4.57 Å². The molecule has 3 heteroatoms. The van der Waals surface area contributed by atoms with Gasteiger partial charge in [-0.15, -0.1) is 0 Å². The molecule has 12 rings (SSSR count). The maximum Gasteiger partial charge on any atom is 0.137 e. The molecule has 62 heavy (non-hydrogen) atoms. The third-order valence-electron chi connectivity index (χ3n) is 13.6. The Morgan fingerprint density at radius 2 is 1.13 bits per heavy atom. The molecule has 1 aliphatic rings. The summed E-state index contributed by atoms with van der Waals surface area (Å²) in [6.45, 7) is 4.77. The molecule has 0 spiro atoms. The number of fused-ring (bicyclic) bond motifs is 9. The van der Waals surface area contributed by atoms with Gasteiger partial charge in [0.05, 0.1) is 22.1 Å². The fourth-order valence-electron chi connectivity index (χ4n) is 10.4. The monoisotopic (exact) mass is 795 g/mol. The summed E-state index contributed by atoms with van der Waals surface area (Å²) in [5.74, 6) is 0.238. The summed E-state index contributed by atoms with van der Waals surface area (Å²) in [5, 5.41) is 2.43. The first-order valence-electron chi connectivity index (χ1n) is 21.9. The summed E-state index contributed by atoms with van der Waals surface area (Å²) in [6, 6.07) is 74.0. The van der Waals surface area contributed by atoms with Crippen LogP contribution in [-0.2, 0) is 11.8 Å². The highest BCUT2D eigenvalue weighted by molar-refractivity contribution is 6.14. The minimum atomic E-state index is -0.0527. The molecular formula is C59H45N3. The minimum absolute atomic E-state index is 0.0527. The van der Waals surface area contributed by atoms with E-state index in [1.807, 2.05) is 0 Å². The maximum atomic E-state index is 5.03. The van der Waals surface area contributed by atoms with Crippen LogP contribution in [0.1, 0.15) is 54.0 Å². The molecule has 0 N–H and O–H groups in total. The number of rotatable bonds is 8. The van der Waals surface area contributed by atoms with Crippen LogP contribution < -0.4 is 0 Å². The summed E-state index contributed by atoms with van der Waals surface area (Å²) in [4.78, 5) is 5.03. The molecule has 0 fully saturated rings. The summed E-state index contributed by atoms with van der Waals surface area (Å²) in [7, 11) is 0. The molecule has 3 aromatic heterocycles. The summed E-state index contributed by atoms with van der Waals surface area (Å²) in [5.41, 5.74) is 21.1. The van der Waals surface area contributed by atoms with E-state index in [-0.39, 0.29) is 11.3 Å². The Hall–Kier alpha value is -7.49. The molecule has 0 aliphatic heterocycles. The second-order valence-electron chi connectivity index (χ2n) is 17.6. The first-order chi connectivity index (χ1) is 30.5. The number of pyridine rings is 1. The van der Waals surface area contributed by atoms with Crippen molar-refractivity contribution >= 4 is 38.5 Å². The Balaban J connectivity index is 0.930. The number of nitrogens with zero attached hydrogens (tertiary/aromatic N) is 3. The van der Waals surface area contributed by atoms with Gasteiger partial charge in [-0.3, -0.25) is 4.40 Å². The molecule has 0 amide bonds. The number of aryl methyl sites for hydroxylation is 1. The lowest BCUT2D eigenvalue weighted by Gasteiger charge is -2.24. The van der Waals surface area contributed by atoms with Gasteiger partial charge in [0.25, 0.3) is 0 Å². The Bertz CT molecular complexity index is 3460. The number of aromatic nitrogens is 3. The van der Waals surface area contributed by atoms with Crippen LogP contribution in [0, 0.1) is 0 Å². The van der Waals surface area contributed by atoms with Crippen LogP contribution in [0.15, 0.2) is 206 Å². The quantitative estimate of drug-likeness (QED) is 0.150. The third kappa shape index (κ3) is 5.91. The topological polar surface area (TPSA) is 22.2 Å². The van der Waals surface area contributed by atoms with Crippen LogP contribution in [0.5, 0.6) is 0 Å². The number of imidazole rings is 1. The number of para-hydroxylation sites is 1. The average Bonchev–Trinajstić information content (AvgIpc) is 3.93. The molecule has 296 valence electrons. The molecule has 1 unspecified atom stereocenters. The van der Waals surface area contributed by atoms with Crippen LogP contribution in [-0.4, -0.2) is 14.0 Å². The number of hydrogen-bond acceptors (Lipinski definition) is 1. The smallest absolute Gasteiger partial charge is 0.137 e. The van der Waals surface area contributed by atoms with Crippen LogP contribution in [0.3, 0.4) is 0 Å². The van der Waals surface area contributed by atoms with Crippen molar-refractivity contribution in [3.05, 3.63) is 234 Å². The van der Waals surface area contributed by atoms with Gasteiger partial charge in [-0.2, -0.15) is 0 Å². The molecule has 0 saturated heterocycles. The standard InChI is InChI=1S/C59H45N3/c1-59(2)52-18-10-9-17-48(52)49-32-29-45(36-53(49)59)47(31-22-39-20-23-41(24-21-39)40-13-5-3-6-14-40)43-27-25-42(26-28-43)44-30-33-55-50(35-44)51-37-54-57(61-34-12-11-19-58(61)60-54)38-56(51)62(55)46-15-7-4-8-16-46/h3-21,23-30,32-38,47H,22,31H2,1-2H3. The Kier molecular flexibility index (Phi) is 8.40. The molecule has 1 aliphatic carbocycles. The second-order valence-corrected chi connectivity index (χ2v) is 17.6. The van der Waals surface area contributed by atoms with E-state index < -0.39 is 0 Å². The maximum absolute atomic E-state index is 5.03. The Morgan fingerprint density at radius 3 is 1.95 bits per heavy atom. The summed E-state index contributed by atoms with van der Waals surface area (Å²) in [6.07, 6.45) is 4.11. The first-order valence-corrected chi connectivity index (χ1v) is 21.9. The SMILES string of the molecule is CC1(C)c2ccccc2-c2ccc(C(CCc3ccc(-c4ccccc4)cc3)c3ccc(-c4ccc5c(c4)c4cc6nc7ccccn7c6cc4n5-c4ccccc4)cc3)cc21. The highest BCUT2D eigenvalue weighted by atomic mass is 15.0. The fraction of sp³-hybridized carbons (Fsp3) is 0.102. The van der Waals surface area contributed by atoms with Crippen molar-refractivity contribution in [2.24, 2.45) is 0 Å². The van der Waals surface area contributed by atoms with E-state index in [1.165, 1.54) is 83.0 Å². The number of benzene rings is 8. The first kappa shape index (κ1) is 36.4. The molecule has 3 heterocycles. The van der Waals surface area contributed by atoms with E-state index in [9.17, 15) is 0 Å². The lowest BCUT2D eigenvalue weighted by molar-refractivity contribution is 0.654. The molecule has 0 bridgehead atoms. The van der Waals surface area contributed by atoms with E-state index in [4.69, 9.17) is 4.98 Å². The van der Waals surface area contributed by atoms with Gasteiger partial charge >= 0.3 is 0 Å². The zero-order valence-corrected chi connectivity index (χ0v) is 35.0. The highest BCUT2D eigenvalue weighted by Gasteiger charge is 2.35. The Morgan fingerprint density at radius 1 is 0.484 bits per heavy atom. The zero-order valence-electron chi connectivity index (χ0n) is 35.0. The average molecular weight is 796 g/mol. The van der Waals surface area contributed by atoms with E-state index in [0.717, 1.165) is 35.2 Å². The van der Waals surface area contributed by atoms with Crippen molar-refractivity contribution in [2.75, 3.05) is 0 Å². The normalized spacial score (nSPS) is 13.5. The van der Waals surface area contributed by atoms with Gasteiger partial charge in [0.1, 0.15) is 5.65 Å². The molecule has 1 atom stereocenters. The second kappa shape index (κ2) is 14.3. The lowest BCUT2D eigenvalue weighted by Crippen LogP contribution is -2.15. The summed E-state index contributed by atoms with van der Waals surface area (Å²) < 4.78 is 4.59. The van der Waals surface area contributed by atoms with Gasteiger partial charge in [-0.25, -0.2) is 4.98 Å². The van der Waals surface area contributed by atoms with Crippen molar-refractivity contribution in [1.29, 1.82) is 0 Å². The summed E-state index contributed by atoms with van der Waals surface area (Å²) >= 11 is 0. The molecule has 0 saturated carbocycles. The van der Waals surface area contributed by atoms with Crippen molar-refractivity contribution in [3.63, 3.8) is 0 Å². The molecule has 3 nitrogen and oxygen atoms in total. The molecular weight excluding hydrogens is 751 g/mol. The minimum Gasteiger partial charge on any atom is -0.309 e. The van der Waals surface area contributed by atoms with E-state index in [1.54, 1.807) is 0 Å². The largest absolute Gasteiger partial charge is 0.309 e. The van der Waals surface area contributed by atoms with Gasteiger partial charge in [0, 0.05) is 34.0 Å². The van der Waals surface area contributed by atoms with E-state index >= 15 is 0 Å². The third-order valence-corrected chi connectivity index (χ3v) is 13.6. The van der Waals surface area contributed by atoms with Crippen molar-refractivity contribution < 1.29 is 0 Å². The zero-order chi connectivity index (χ0) is 41.4. The van der Waals surface area contributed by atoms with Crippen LogP contribution in [0.25, 0.3) is 77.6 Å². The predicted molar refractivity (Wildman–Crippen MR) is 259 cm³/mol. The fourth-order valence-corrected chi connectivity index (χ4v) is 10.4. The lowest BCUT2D eigenvalue weighted by atomic mass is 9.79. The van der Waals surface area contributed by atoms with Crippen LogP contribution >= 0.6 is 0 Å². The molecule has 11 aromatic rings. The highest BCUT2D eigenvalue weighted by Crippen LogP contribution is 2.50. The van der Waals surface area contributed by atoms with Crippen LogP contribution in [0.4, 0.5) is 0 Å². The predicted octanol–water partition coefficient (Wildman–Crippen LogP) is 15.0. The van der Waals surface area contributed by atoms with Gasteiger partial charge in [0.2, 0.25) is 0 Å². The van der Waals surface area contributed by atoms with Crippen molar-refractivity contribution in [3.8, 4) is 39.1 Å². The van der Waals surface area contributed by atoms with E-state index in [2.05, 4.69) is 229 Å². The Labute approximate surface area is 362 Å². The molecule has 8 aromatic carbocycles. The van der Waals surface area contributed by atoms with E-state index in [0.29, 0.717) is 0 Å². The van der Waals surface area contributed by atoms with Crippen LogP contribution in [0.2, 0.25) is 0 Å². The van der Waals surface area contributed by atoms with Gasteiger partial charge in [0.15, 0.2) is 0 Å². The molecule has 0 radical (unpaired) electrons. The number of hydrogen-bond donors (Lipinski definition) is 0. The van der Waals surface area contributed by atoms with Crippen molar-refractivity contribution in [2.45, 2.75) is 38.0 Å². The van der Waals surface area contributed by atoms with Gasteiger partial charge in [-0.05, 0) is 123 Å². The van der Waals surface area contributed by atoms with Gasteiger partial charge in [-0.1, -0.05) is 166 Å².